The zero-order valence-electron chi connectivity index (χ0n) is 17.1. The Morgan fingerprint density at radius 2 is 1.35 bits per heavy atom. The molecule has 0 unspecified atom stereocenters. The lowest BCUT2D eigenvalue weighted by Gasteiger charge is -2.10. The number of methoxy groups -OCH3 is 1. The second kappa shape index (κ2) is 9.44. The number of amides is 2. The number of nitrogens with one attached hydrogen (secondary N) is 2. The van der Waals surface area contributed by atoms with Crippen LogP contribution in [0.25, 0.3) is 0 Å². The van der Waals surface area contributed by atoms with Gasteiger partial charge in [0, 0.05) is 23.1 Å². The molecule has 0 fully saturated rings. The number of benzene rings is 3. The smallest absolute Gasteiger partial charge is 0.255 e. The van der Waals surface area contributed by atoms with Crippen LogP contribution in [0.5, 0.6) is 5.75 Å². The zero-order chi connectivity index (χ0) is 22.4. The van der Waals surface area contributed by atoms with Gasteiger partial charge in [-0.3, -0.25) is 9.59 Å². The van der Waals surface area contributed by atoms with Gasteiger partial charge in [0.25, 0.3) is 11.8 Å². The Hall–Kier alpha value is -3.65. The van der Waals surface area contributed by atoms with Crippen LogP contribution in [0.2, 0.25) is 0 Å². The van der Waals surface area contributed by atoms with Crippen LogP contribution >= 0.6 is 0 Å². The van der Waals surface area contributed by atoms with E-state index in [1.54, 1.807) is 66.7 Å². The Labute approximate surface area is 181 Å². The van der Waals surface area contributed by atoms with E-state index in [1.165, 1.54) is 7.11 Å². The summed E-state index contributed by atoms with van der Waals surface area (Å²) in [5, 5.41) is 5.54. The van der Waals surface area contributed by atoms with E-state index in [0.717, 1.165) is 6.26 Å². The molecule has 0 radical (unpaired) electrons. The molecule has 3 aromatic rings. The Bertz CT molecular complexity index is 1190. The van der Waals surface area contributed by atoms with E-state index in [-0.39, 0.29) is 17.6 Å². The number of para-hydroxylation sites is 2. The average Bonchev–Trinajstić information content (AvgIpc) is 2.74. The maximum absolute atomic E-state index is 12.5. The molecule has 0 heterocycles. The molecule has 0 spiro atoms. The van der Waals surface area contributed by atoms with E-state index in [4.69, 9.17) is 4.74 Å². The fraction of sp³-hybridized carbons (Fsp3) is 0.130. The predicted molar refractivity (Wildman–Crippen MR) is 120 cm³/mol. The van der Waals surface area contributed by atoms with Gasteiger partial charge < -0.3 is 15.4 Å². The zero-order valence-corrected chi connectivity index (χ0v) is 17.9. The van der Waals surface area contributed by atoms with E-state index >= 15 is 0 Å². The normalized spacial score (nSPS) is 10.9. The average molecular weight is 439 g/mol. The van der Waals surface area contributed by atoms with Gasteiger partial charge in [-0.05, 0) is 54.1 Å². The van der Waals surface area contributed by atoms with E-state index in [2.05, 4.69) is 10.6 Å². The molecule has 0 saturated carbocycles. The number of carbonyl (C=O) groups excluding carboxylic acids is 2. The third kappa shape index (κ3) is 6.16. The lowest BCUT2D eigenvalue weighted by atomic mass is 10.1. The summed E-state index contributed by atoms with van der Waals surface area (Å²) in [5.74, 6) is -0.156. The predicted octanol–water partition coefficient (Wildman–Crippen LogP) is 3.74. The van der Waals surface area contributed by atoms with Crippen LogP contribution < -0.4 is 15.4 Å². The fourth-order valence-electron chi connectivity index (χ4n) is 2.91. The minimum absolute atomic E-state index is 0.0761. The van der Waals surface area contributed by atoms with Crippen molar-refractivity contribution in [2.45, 2.75) is 5.75 Å². The number of carbonyl (C=O) groups is 2. The first-order valence-electron chi connectivity index (χ1n) is 9.37. The maximum atomic E-state index is 12.5. The summed E-state index contributed by atoms with van der Waals surface area (Å²) in [6, 6.07) is 20.0. The molecule has 0 aliphatic heterocycles. The largest absolute Gasteiger partial charge is 0.495 e. The van der Waals surface area contributed by atoms with E-state index < -0.39 is 9.84 Å². The number of hydrogen-bond donors (Lipinski definition) is 2. The first-order chi connectivity index (χ1) is 14.7. The van der Waals surface area contributed by atoms with Gasteiger partial charge in [-0.2, -0.15) is 0 Å². The number of sulfone groups is 1. The van der Waals surface area contributed by atoms with Crippen molar-refractivity contribution in [2.75, 3.05) is 24.0 Å². The molecule has 7 nitrogen and oxygen atoms in total. The van der Waals surface area contributed by atoms with Crippen LogP contribution in [-0.2, 0) is 15.6 Å². The molecule has 8 heteroatoms. The van der Waals surface area contributed by atoms with Crippen LogP contribution in [0.1, 0.15) is 26.3 Å². The summed E-state index contributed by atoms with van der Waals surface area (Å²) >= 11 is 0. The van der Waals surface area contributed by atoms with Crippen molar-refractivity contribution in [1.82, 2.24) is 0 Å². The topological polar surface area (TPSA) is 102 Å². The molecule has 3 rings (SSSR count). The highest BCUT2D eigenvalue weighted by Gasteiger charge is 2.11. The Morgan fingerprint density at radius 1 is 0.806 bits per heavy atom. The second-order valence-electron chi connectivity index (χ2n) is 6.95. The van der Waals surface area contributed by atoms with Crippen molar-refractivity contribution < 1.29 is 22.7 Å². The van der Waals surface area contributed by atoms with Gasteiger partial charge in [0.15, 0.2) is 9.84 Å². The SMILES string of the molecule is COc1ccccc1NC(=O)c1ccc(NC(=O)c2ccc(CS(C)(=O)=O)cc2)cc1. The van der Waals surface area contributed by atoms with Crippen LogP contribution in [-0.4, -0.2) is 33.6 Å². The van der Waals surface area contributed by atoms with Crippen LogP contribution in [0, 0.1) is 0 Å². The summed E-state index contributed by atoms with van der Waals surface area (Å²) in [4.78, 5) is 24.9. The molecule has 0 aromatic heterocycles. The highest BCUT2D eigenvalue weighted by atomic mass is 32.2. The van der Waals surface area contributed by atoms with E-state index in [0.29, 0.717) is 33.8 Å². The van der Waals surface area contributed by atoms with Gasteiger partial charge in [0.2, 0.25) is 0 Å². The summed E-state index contributed by atoms with van der Waals surface area (Å²) in [6.07, 6.45) is 1.16. The molecule has 2 N–H and O–H groups in total. The first-order valence-corrected chi connectivity index (χ1v) is 11.4. The molecule has 0 saturated heterocycles. The molecule has 0 atom stereocenters. The quantitative estimate of drug-likeness (QED) is 0.585. The van der Waals surface area contributed by atoms with Gasteiger partial charge >= 0.3 is 0 Å². The number of ether oxygens (including phenoxy) is 1. The van der Waals surface area contributed by atoms with Crippen molar-refractivity contribution in [2.24, 2.45) is 0 Å². The molecule has 0 aliphatic rings. The lowest BCUT2D eigenvalue weighted by molar-refractivity contribution is 0.101. The highest BCUT2D eigenvalue weighted by Crippen LogP contribution is 2.24. The molecule has 31 heavy (non-hydrogen) atoms. The lowest BCUT2D eigenvalue weighted by Crippen LogP contribution is -2.14. The summed E-state index contributed by atoms with van der Waals surface area (Å²) in [7, 11) is -1.60. The monoisotopic (exact) mass is 438 g/mol. The minimum atomic E-state index is -3.13. The molecule has 0 bridgehead atoms. The van der Waals surface area contributed by atoms with Gasteiger partial charge in [-0.1, -0.05) is 24.3 Å². The van der Waals surface area contributed by atoms with Crippen LogP contribution in [0.15, 0.2) is 72.8 Å². The second-order valence-corrected chi connectivity index (χ2v) is 9.09. The molecule has 3 aromatic carbocycles. The van der Waals surface area contributed by atoms with Gasteiger partial charge in [0.05, 0.1) is 18.6 Å². The van der Waals surface area contributed by atoms with Crippen molar-refractivity contribution in [1.29, 1.82) is 0 Å². The summed E-state index contributed by atoms with van der Waals surface area (Å²) in [6.45, 7) is 0. The Kier molecular flexibility index (Phi) is 6.71. The fourth-order valence-corrected chi connectivity index (χ4v) is 3.70. The molecule has 0 aliphatic carbocycles. The molecule has 2 amide bonds. The van der Waals surface area contributed by atoms with Crippen LogP contribution in [0.4, 0.5) is 11.4 Å². The van der Waals surface area contributed by atoms with Crippen LogP contribution in [0.3, 0.4) is 0 Å². The summed E-state index contributed by atoms with van der Waals surface area (Å²) in [5.41, 5.74) is 2.53. The van der Waals surface area contributed by atoms with Crippen molar-refractivity contribution in [3.63, 3.8) is 0 Å². The summed E-state index contributed by atoms with van der Waals surface area (Å²) < 4.78 is 27.9. The third-order valence-electron chi connectivity index (χ3n) is 4.41. The molecule has 160 valence electrons. The maximum Gasteiger partial charge on any atom is 0.255 e. The van der Waals surface area contributed by atoms with E-state index in [9.17, 15) is 18.0 Å². The van der Waals surface area contributed by atoms with Gasteiger partial charge in [0.1, 0.15) is 5.75 Å². The van der Waals surface area contributed by atoms with Crippen molar-refractivity contribution in [3.05, 3.63) is 89.5 Å². The van der Waals surface area contributed by atoms with Gasteiger partial charge in [-0.25, -0.2) is 8.42 Å². The number of anilines is 2. The highest BCUT2D eigenvalue weighted by molar-refractivity contribution is 7.89. The molecular formula is C23H22N2O5S. The standard InChI is InChI=1S/C23H22N2O5S/c1-30-21-6-4-3-5-20(21)25-23(27)18-11-13-19(14-12-18)24-22(26)17-9-7-16(8-10-17)15-31(2,28)29/h3-14H,15H2,1-2H3,(H,24,26)(H,25,27). The number of hydrogen-bond acceptors (Lipinski definition) is 5. The number of rotatable bonds is 7. The third-order valence-corrected chi connectivity index (χ3v) is 5.26. The van der Waals surface area contributed by atoms with Crippen molar-refractivity contribution >= 4 is 33.0 Å². The Balaban J connectivity index is 1.63. The minimum Gasteiger partial charge on any atom is -0.495 e. The Morgan fingerprint density at radius 3 is 1.94 bits per heavy atom. The van der Waals surface area contributed by atoms with Crippen molar-refractivity contribution in [3.8, 4) is 5.75 Å². The first kappa shape index (κ1) is 22.0. The van der Waals surface area contributed by atoms with Gasteiger partial charge in [-0.15, -0.1) is 0 Å². The molecular weight excluding hydrogens is 416 g/mol. The van der Waals surface area contributed by atoms with E-state index in [1.807, 2.05) is 6.07 Å².